The van der Waals surface area contributed by atoms with E-state index in [4.69, 9.17) is 4.74 Å². The van der Waals surface area contributed by atoms with E-state index in [-0.39, 0.29) is 24.3 Å². The number of ether oxygens (including phenoxy) is 1. The Hall–Kier alpha value is -3.67. The molecule has 2 amide bonds. The smallest absolute Gasteiger partial charge is 0.262 e. The van der Waals surface area contributed by atoms with Crippen molar-refractivity contribution in [3.8, 4) is 5.75 Å². The van der Waals surface area contributed by atoms with Crippen molar-refractivity contribution in [3.05, 3.63) is 95.8 Å². The zero-order chi connectivity index (χ0) is 20.6. The number of benzene rings is 3. The maximum atomic E-state index is 13.6. The van der Waals surface area contributed by atoms with Gasteiger partial charge in [0, 0.05) is 0 Å². The Kier molecular flexibility index (Phi) is 6.58. The number of carbonyl (C=O) groups is 2. The summed E-state index contributed by atoms with van der Waals surface area (Å²) in [7, 11) is 0. The first-order valence-electron chi connectivity index (χ1n) is 9.16. The summed E-state index contributed by atoms with van der Waals surface area (Å²) in [5.41, 5.74) is 1.66. The third-order valence-corrected chi connectivity index (χ3v) is 4.29. The summed E-state index contributed by atoms with van der Waals surface area (Å²) in [4.78, 5) is 24.9. The number of carbonyl (C=O) groups excluding carboxylic acids is 2. The van der Waals surface area contributed by atoms with Gasteiger partial charge in [-0.2, -0.15) is 0 Å². The van der Waals surface area contributed by atoms with Crippen molar-refractivity contribution in [1.29, 1.82) is 0 Å². The molecule has 5 nitrogen and oxygen atoms in total. The molecular weight excluding hydrogens is 371 g/mol. The highest BCUT2D eigenvalue weighted by Gasteiger charge is 2.16. The molecule has 3 aromatic carbocycles. The summed E-state index contributed by atoms with van der Waals surface area (Å²) in [5.74, 6) is -1.36. The highest BCUT2D eigenvalue weighted by Crippen LogP contribution is 2.19. The van der Waals surface area contributed by atoms with Crippen molar-refractivity contribution in [2.75, 3.05) is 11.9 Å². The highest BCUT2D eigenvalue weighted by atomic mass is 19.1. The fourth-order valence-electron chi connectivity index (χ4n) is 2.78. The zero-order valence-corrected chi connectivity index (χ0v) is 15.9. The quantitative estimate of drug-likeness (QED) is 0.629. The summed E-state index contributed by atoms with van der Waals surface area (Å²) in [6.07, 6.45) is 0. The van der Waals surface area contributed by atoms with Crippen LogP contribution in [0.25, 0.3) is 0 Å². The standard InChI is InChI=1S/C23H21FN2O3/c1-16(17-9-3-2-4-10-17)25-23(28)18-11-5-7-13-20(18)26-22(27)15-29-21-14-8-6-12-19(21)24/h2-14,16H,15H2,1H3,(H,25,28)(H,26,27). The lowest BCUT2D eigenvalue weighted by molar-refractivity contribution is -0.118. The van der Waals surface area contributed by atoms with Crippen LogP contribution in [0.4, 0.5) is 10.1 Å². The van der Waals surface area contributed by atoms with Crippen LogP contribution < -0.4 is 15.4 Å². The summed E-state index contributed by atoms with van der Waals surface area (Å²) in [6.45, 7) is 1.51. The predicted octanol–water partition coefficient (Wildman–Crippen LogP) is 4.33. The molecule has 0 aliphatic rings. The summed E-state index contributed by atoms with van der Waals surface area (Å²) in [5, 5.41) is 5.57. The fraction of sp³-hybridized carbons (Fsp3) is 0.130. The second kappa shape index (κ2) is 9.50. The number of hydrogen-bond acceptors (Lipinski definition) is 3. The number of nitrogens with one attached hydrogen (secondary N) is 2. The van der Waals surface area contributed by atoms with E-state index in [2.05, 4.69) is 10.6 Å². The van der Waals surface area contributed by atoms with E-state index in [9.17, 15) is 14.0 Å². The Bertz CT molecular complexity index is 992. The minimum absolute atomic E-state index is 0.00892. The van der Waals surface area contributed by atoms with E-state index in [1.165, 1.54) is 18.2 Å². The number of hydrogen-bond donors (Lipinski definition) is 2. The lowest BCUT2D eigenvalue weighted by Gasteiger charge is -2.16. The molecule has 0 saturated heterocycles. The Morgan fingerprint density at radius 1 is 0.931 bits per heavy atom. The minimum atomic E-state index is -0.546. The van der Waals surface area contributed by atoms with E-state index in [0.717, 1.165) is 5.56 Å². The van der Waals surface area contributed by atoms with Gasteiger partial charge in [-0.25, -0.2) is 4.39 Å². The van der Waals surface area contributed by atoms with Gasteiger partial charge >= 0.3 is 0 Å². The molecule has 2 N–H and O–H groups in total. The number of rotatable bonds is 7. The monoisotopic (exact) mass is 392 g/mol. The van der Waals surface area contributed by atoms with Gasteiger partial charge in [0.25, 0.3) is 11.8 Å². The molecule has 0 bridgehead atoms. The molecule has 0 aliphatic carbocycles. The van der Waals surface area contributed by atoms with Crippen LogP contribution in [-0.4, -0.2) is 18.4 Å². The van der Waals surface area contributed by atoms with Gasteiger partial charge in [-0.3, -0.25) is 9.59 Å². The van der Waals surface area contributed by atoms with E-state index in [0.29, 0.717) is 11.3 Å². The summed E-state index contributed by atoms with van der Waals surface area (Å²) < 4.78 is 18.8. The largest absolute Gasteiger partial charge is 0.481 e. The first-order chi connectivity index (χ1) is 14.0. The number of anilines is 1. The van der Waals surface area contributed by atoms with Crippen molar-refractivity contribution in [2.45, 2.75) is 13.0 Å². The Morgan fingerprint density at radius 3 is 2.34 bits per heavy atom. The van der Waals surface area contributed by atoms with Gasteiger partial charge in [-0.1, -0.05) is 54.6 Å². The first-order valence-corrected chi connectivity index (χ1v) is 9.16. The highest BCUT2D eigenvalue weighted by molar-refractivity contribution is 6.04. The van der Waals surface area contributed by atoms with Crippen molar-refractivity contribution < 1.29 is 18.7 Å². The average Bonchev–Trinajstić information content (AvgIpc) is 2.74. The molecule has 0 aliphatic heterocycles. The molecule has 1 unspecified atom stereocenters. The molecule has 0 heterocycles. The topological polar surface area (TPSA) is 67.4 Å². The molecular formula is C23H21FN2O3. The van der Waals surface area contributed by atoms with Crippen LogP contribution in [-0.2, 0) is 4.79 Å². The number of para-hydroxylation sites is 2. The van der Waals surface area contributed by atoms with E-state index >= 15 is 0 Å². The van der Waals surface area contributed by atoms with Gasteiger partial charge < -0.3 is 15.4 Å². The Morgan fingerprint density at radius 2 is 1.59 bits per heavy atom. The molecule has 0 spiro atoms. The second-order valence-electron chi connectivity index (χ2n) is 6.42. The first kappa shape index (κ1) is 20.1. The van der Waals surface area contributed by atoms with Crippen LogP contribution in [0.3, 0.4) is 0 Å². The molecule has 3 rings (SSSR count). The molecule has 29 heavy (non-hydrogen) atoms. The zero-order valence-electron chi connectivity index (χ0n) is 15.9. The van der Waals surface area contributed by atoms with Crippen molar-refractivity contribution in [3.63, 3.8) is 0 Å². The molecule has 6 heteroatoms. The SMILES string of the molecule is CC(NC(=O)c1ccccc1NC(=O)COc1ccccc1F)c1ccccc1. The average molecular weight is 392 g/mol. The molecule has 0 radical (unpaired) electrons. The molecule has 0 aromatic heterocycles. The molecule has 0 saturated carbocycles. The van der Waals surface area contributed by atoms with Crippen molar-refractivity contribution >= 4 is 17.5 Å². The van der Waals surface area contributed by atoms with Gasteiger partial charge in [-0.15, -0.1) is 0 Å². The maximum absolute atomic E-state index is 13.6. The third kappa shape index (κ3) is 5.42. The summed E-state index contributed by atoms with van der Waals surface area (Å²) in [6, 6.07) is 21.9. The van der Waals surface area contributed by atoms with Gasteiger partial charge in [0.2, 0.25) is 0 Å². The third-order valence-electron chi connectivity index (χ3n) is 4.29. The lowest BCUT2D eigenvalue weighted by atomic mass is 10.1. The molecule has 3 aromatic rings. The molecule has 1 atom stereocenters. The number of halogens is 1. The van der Waals surface area contributed by atoms with E-state index < -0.39 is 11.7 Å². The van der Waals surface area contributed by atoms with Crippen LogP contribution in [0.5, 0.6) is 5.75 Å². The normalized spacial score (nSPS) is 11.4. The van der Waals surface area contributed by atoms with Gasteiger partial charge in [0.15, 0.2) is 18.2 Å². The van der Waals surface area contributed by atoms with Crippen LogP contribution in [0.2, 0.25) is 0 Å². The molecule has 148 valence electrons. The molecule has 0 fully saturated rings. The minimum Gasteiger partial charge on any atom is -0.481 e. The van der Waals surface area contributed by atoms with E-state index in [1.54, 1.807) is 30.3 Å². The summed E-state index contributed by atoms with van der Waals surface area (Å²) >= 11 is 0. The number of amides is 2. The Balaban J connectivity index is 1.64. The van der Waals surface area contributed by atoms with Gasteiger partial charge in [-0.05, 0) is 36.8 Å². The van der Waals surface area contributed by atoms with Gasteiger partial charge in [0.1, 0.15) is 0 Å². The second-order valence-corrected chi connectivity index (χ2v) is 6.42. The van der Waals surface area contributed by atoms with Gasteiger partial charge in [0.05, 0.1) is 17.3 Å². The van der Waals surface area contributed by atoms with Crippen molar-refractivity contribution in [2.24, 2.45) is 0 Å². The van der Waals surface area contributed by atoms with Crippen LogP contribution in [0.1, 0.15) is 28.9 Å². The van der Waals surface area contributed by atoms with Crippen molar-refractivity contribution in [1.82, 2.24) is 5.32 Å². The van der Waals surface area contributed by atoms with Crippen LogP contribution in [0, 0.1) is 5.82 Å². The predicted molar refractivity (Wildman–Crippen MR) is 109 cm³/mol. The fourth-order valence-corrected chi connectivity index (χ4v) is 2.78. The van der Waals surface area contributed by atoms with Crippen LogP contribution >= 0.6 is 0 Å². The lowest BCUT2D eigenvalue weighted by Crippen LogP contribution is -2.28. The van der Waals surface area contributed by atoms with Crippen LogP contribution in [0.15, 0.2) is 78.9 Å². The van der Waals surface area contributed by atoms with E-state index in [1.807, 2.05) is 37.3 Å². The maximum Gasteiger partial charge on any atom is 0.262 e. The Labute approximate surface area is 168 Å².